The van der Waals surface area contributed by atoms with Gasteiger partial charge in [-0.3, -0.25) is 9.69 Å². The van der Waals surface area contributed by atoms with Crippen molar-refractivity contribution in [3.8, 4) is 11.6 Å². The molecule has 3 aromatic rings. The number of aromatic nitrogens is 2. The van der Waals surface area contributed by atoms with Crippen LogP contribution >= 0.6 is 0 Å². The number of benzene rings is 1. The van der Waals surface area contributed by atoms with Crippen molar-refractivity contribution in [3.05, 3.63) is 71.7 Å². The number of hydrogen-bond acceptors (Lipinski definition) is 5. The number of rotatable bonds is 4. The molecule has 0 aliphatic carbocycles. The van der Waals surface area contributed by atoms with Crippen LogP contribution in [0, 0.1) is 0 Å². The normalized spacial score (nSPS) is 17.2. The number of carbonyl (C=O) groups is 1. The zero-order chi connectivity index (χ0) is 17.2. The summed E-state index contributed by atoms with van der Waals surface area (Å²) in [7, 11) is 0. The molecule has 0 unspecified atom stereocenters. The highest BCUT2D eigenvalue weighted by atomic mass is 16.4. The molecule has 3 heterocycles. The number of nitrogens with zero attached hydrogens (tertiary/aromatic N) is 3. The Balaban J connectivity index is 1.55. The standard InChI is InChI=1S/C19H17N3O3/c23-19(24)16-8-14-4-1-2-5-15(14)12-22(16)11-13-9-20-18(21-10-13)17-6-3-7-25-17/h1-7,9-10,16H,8,11-12H2,(H,23,24)/t16-/m0/s1. The van der Waals surface area contributed by atoms with Crippen LogP contribution in [-0.2, 0) is 24.3 Å². The molecule has 0 fully saturated rings. The molecule has 0 saturated heterocycles. The van der Waals surface area contributed by atoms with E-state index in [4.69, 9.17) is 4.42 Å². The minimum atomic E-state index is -0.803. The predicted octanol–water partition coefficient (Wildman–Crippen LogP) is 2.75. The SMILES string of the molecule is O=C(O)[C@@H]1Cc2ccccc2CN1Cc1cnc(-c2ccco2)nc1. The first kappa shape index (κ1) is 15.5. The lowest BCUT2D eigenvalue weighted by molar-refractivity contribution is -0.144. The first-order valence-electron chi connectivity index (χ1n) is 8.09. The van der Waals surface area contributed by atoms with E-state index in [0.29, 0.717) is 31.1 Å². The number of aliphatic carboxylic acids is 1. The average molecular weight is 335 g/mol. The Morgan fingerprint density at radius 3 is 2.60 bits per heavy atom. The Morgan fingerprint density at radius 1 is 1.16 bits per heavy atom. The highest BCUT2D eigenvalue weighted by Gasteiger charge is 2.31. The lowest BCUT2D eigenvalue weighted by Gasteiger charge is -2.34. The van der Waals surface area contributed by atoms with Gasteiger partial charge in [-0.2, -0.15) is 0 Å². The number of hydrogen-bond donors (Lipinski definition) is 1. The molecule has 1 N–H and O–H groups in total. The Bertz CT molecular complexity index is 875. The van der Waals surface area contributed by atoms with Crippen molar-refractivity contribution < 1.29 is 14.3 Å². The molecule has 6 heteroatoms. The summed E-state index contributed by atoms with van der Waals surface area (Å²) in [6.45, 7) is 1.09. The van der Waals surface area contributed by atoms with E-state index >= 15 is 0 Å². The maximum atomic E-state index is 11.7. The average Bonchev–Trinajstić information content (AvgIpc) is 3.16. The van der Waals surface area contributed by atoms with Crippen LogP contribution in [0.5, 0.6) is 0 Å². The van der Waals surface area contributed by atoms with Crippen molar-refractivity contribution in [2.45, 2.75) is 25.6 Å². The predicted molar refractivity (Wildman–Crippen MR) is 90.6 cm³/mol. The van der Waals surface area contributed by atoms with Crippen molar-refractivity contribution >= 4 is 5.97 Å². The van der Waals surface area contributed by atoms with Crippen LogP contribution in [0.2, 0.25) is 0 Å². The van der Waals surface area contributed by atoms with Crippen LogP contribution in [0.1, 0.15) is 16.7 Å². The van der Waals surface area contributed by atoms with Gasteiger partial charge < -0.3 is 9.52 Å². The van der Waals surface area contributed by atoms with Gasteiger partial charge in [0.1, 0.15) is 6.04 Å². The summed E-state index contributed by atoms with van der Waals surface area (Å²) >= 11 is 0. The van der Waals surface area contributed by atoms with Gasteiger partial charge in [0.2, 0.25) is 0 Å². The lowest BCUT2D eigenvalue weighted by atomic mass is 9.93. The molecule has 1 aromatic carbocycles. The van der Waals surface area contributed by atoms with E-state index in [1.165, 1.54) is 5.56 Å². The summed E-state index contributed by atoms with van der Waals surface area (Å²) in [5.74, 6) is 0.331. The van der Waals surface area contributed by atoms with Gasteiger partial charge in [-0.05, 0) is 29.7 Å². The van der Waals surface area contributed by atoms with Gasteiger partial charge in [0.05, 0.1) is 6.26 Å². The number of carboxylic acids is 1. The quantitative estimate of drug-likeness (QED) is 0.790. The Kier molecular flexibility index (Phi) is 4.03. The lowest BCUT2D eigenvalue weighted by Crippen LogP contribution is -2.45. The second kappa shape index (κ2) is 6.49. The smallest absolute Gasteiger partial charge is 0.321 e. The molecule has 126 valence electrons. The van der Waals surface area contributed by atoms with Gasteiger partial charge in [-0.25, -0.2) is 9.97 Å². The first-order chi connectivity index (χ1) is 12.2. The molecule has 0 bridgehead atoms. The molecule has 0 saturated carbocycles. The number of furan rings is 1. The third-order valence-corrected chi connectivity index (χ3v) is 4.46. The highest BCUT2D eigenvalue weighted by molar-refractivity contribution is 5.74. The van der Waals surface area contributed by atoms with Crippen molar-refractivity contribution in [3.63, 3.8) is 0 Å². The topological polar surface area (TPSA) is 79.5 Å². The van der Waals surface area contributed by atoms with Crippen LogP contribution in [0.3, 0.4) is 0 Å². The summed E-state index contributed by atoms with van der Waals surface area (Å²) in [4.78, 5) is 22.3. The van der Waals surface area contributed by atoms with Crippen molar-refractivity contribution in [2.24, 2.45) is 0 Å². The van der Waals surface area contributed by atoms with Crippen LogP contribution < -0.4 is 0 Å². The van der Waals surface area contributed by atoms with Crippen LogP contribution in [0.4, 0.5) is 0 Å². The minimum Gasteiger partial charge on any atom is -0.480 e. The zero-order valence-corrected chi connectivity index (χ0v) is 13.5. The maximum Gasteiger partial charge on any atom is 0.321 e. The van der Waals surface area contributed by atoms with E-state index in [-0.39, 0.29) is 0 Å². The third kappa shape index (κ3) is 3.16. The highest BCUT2D eigenvalue weighted by Crippen LogP contribution is 2.25. The van der Waals surface area contributed by atoms with Crippen molar-refractivity contribution in [1.29, 1.82) is 0 Å². The van der Waals surface area contributed by atoms with E-state index in [0.717, 1.165) is 11.1 Å². The van der Waals surface area contributed by atoms with Crippen molar-refractivity contribution in [1.82, 2.24) is 14.9 Å². The second-order valence-electron chi connectivity index (χ2n) is 6.12. The van der Waals surface area contributed by atoms with Crippen molar-refractivity contribution in [2.75, 3.05) is 0 Å². The van der Waals surface area contributed by atoms with E-state index in [1.807, 2.05) is 23.1 Å². The van der Waals surface area contributed by atoms with E-state index in [2.05, 4.69) is 16.0 Å². The van der Waals surface area contributed by atoms with Crippen LogP contribution in [0.15, 0.2) is 59.5 Å². The fourth-order valence-corrected chi connectivity index (χ4v) is 3.19. The molecule has 1 atom stereocenters. The zero-order valence-electron chi connectivity index (χ0n) is 13.5. The van der Waals surface area contributed by atoms with Gasteiger partial charge >= 0.3 is 5.97 Å². The summed E-state index contributed by atoms with van der Waals surface area (Å²) in [6.07, 6.45) is 5.54. The monoisotopic (exact) mass is 335 g/mol. The molecule has 2 aromatic heterocycles. The van der Waals surface area contributed by atoms with Crippen LogP contribution in [0.25, 0.3) is 11.6 Å². The van der Waals surface area contributed by atoms with Gasteiger partial charge in [0.15, 0.2) is 11.6 Å². The molecule has 1 aliphatic rings. The third-order valence-electron chi connectivity index (χ3n) is 4.46. The summed E-state index contributed by atoms with van der Waals surface area (Å²) < 4.78 is 5.28. The molecular weight excluding hydrogens is 318 g/mol. The van der Waals surface area contributed by atoms with Gasteiger partial charge in [-0.1, -0.05) is 24.3 Å². The summed E-state index contributed by atoms with van der Waals surface area (Å²) in [6, 6.07) is 11.0. The maximum absolute atomic E-state index is 11.7. The Hall–Kier alpha value is -2.99. The fourth-order valence-electron chi connectivity index (χ4n) is 3.19. The Labute approximate surface area is 144 Å². The van der Waals surface area contributed by atoms with Gasteiger partial charge in [0.25, 0.3) is 0 Å². The van der Waals surface area contributed by atoms with Crippen LogP contribution in [-0.4, -0.2) is 32.0 Å². The molecular formula is C19H17N3O3. The van der Waals surface area contributed by atoms with Gasteiger partial charge in [-0.15, -0.1) is 0 Å². The number of carboxylic acid groups (broad SMARTS) is 1. The second-order valence-corrected chi connectivity index (χ2v) is 6.12. The molecule has 6 nitrogen and oxygen atoms in total. The fraction of sp³-hybridized carbons (Fsp3) is 0.211. The minimum absolute atomic E-state index is 0.490. The number of fused-ring (bicyclic) bond motifs is 1. The Morgan fingerprint density at radius 2 is 1.92 bits per heavy atom. The molecule has 0 radical (unpaired) electrons. The first-order valence-corrected chi connectivity index (χ1v) is 8.09. The molecule has 0 spiro atoms. The van der Waals surface area contributed by atoms with E-state index in [9.17, 15) is 9.90 Å². The van der Waals surface area contributed by atoms with E-state index < -0.39 is 12.0 Å². The molecule has 25 heavy (non-hydrogen) atoms. The summed E-state index contributed by atoms with van der Waals surface area (Å²) in [5.41, 5.74) is 3.16. The van der Waals surface area contributed by atoms with Gasteiger partial charge in [0, 0.05) is 31.0 Å². The summed E-state index contributed by atoms with van der Waals surface area (Å²) in [5, 5.41) is 9.60. The largest absolute Gasteiger partial charge is 0.480 e. The molecule has 4 rings (SSSR count). The molecule has 1 aliphatic heterocycles. The van der Waals surface area contributed by atoms with E-state index in [1.54, 1.807) is 30.8 Å². The molecule has 0 amide bonds.